The summed E-state index contributed by atoms with van der Waals surface area (Å²) in [6.45, 7) is 3.97. The highest BCUT2D eigenvalue weighted by Crippen LogP contribution is 2.28. The highest BCUT2D eigenvalue weighted by atomic mass is 35.5. The van der Waals surface area contributed by atoms with Gasteiger partial charge in [-0.15, -0.1) is 0 Å². The molecule has 3 rings (SSSR count). The second-order valence-electron chi connectivity index (χ2n) is 6.61. The Hall–Kier alpha value is -1.66. The largest absolute Gasteiger partial charge is 0.357 e. The molecule has 142 valence electrons. The molecule has 0 bridgehead atoms. The lowest BCUT2D eigenvalue weighted by Gasteiger charge is -2.12. The summed E-state index contributed by atoms with van der Waals surface area (Å²) in [7, 11) is 1.89. The van der Waals surface area contributed by atoms with Gasteiger partial charge in [0.2, 0.25) is 0 Å². The van der Waals surface area contributed by atoms with Gasteiger partial charge < -0.3 is 15.2 Å². The zero-order valence-corrected chi connectivity index (χ0v) is 16.8. The Labute approximate surface area is 164 Å². The molecule has 2 aromatic heterocycles. The smallest absolute Gasteiger partial charge is 0.191 e. The monoisotopic (exact) mass is 396 g/mol. The molecular formula is C18H26Cl2N6. The maximum atomic E-state index is 6.12. The average Bonchev–Trinajstić information content (AvgIpc) is 3.36. The lowest BCUT2D eigenvalue weighted by molar-refractivity contribution is 0.463. The molecule has 1 aliphatic carbocycles. The molecule has 0 spiro atoms. The van der Waals surface area contributed by atoms with Crippen molar-refractivity contribution < 1.29 is 0 Å². The van der Waals surface area contributed by atoms with Gasteiger partial charge in [-0.05, 0) is 31.9 Å². The lowest BCUT2D eigenvalue weighted by atomic mass is 10.3. The third kappa shape index (κ3) is 4.54. The molecule has 2 heterocycles. The van der Waals surface area contributed by atoms with Gasteiger partial charge in [-0.2, -0.15) is 5.10 Å². The molecule has 2 aromatic rings. The summed E-state index contributed by atoms with van der Waals surface area (Å²) >= 11 is 12.2. The third-order valence-corrected chi connectivity index (χ3v) is 5.60. The number of halogens is 2. The molecule has 1 saturated carbocycles. The second-order valence-corrected chi connectivity index (χ2v) is 7.37. The summed E-state index contributed by atoms with van der Waals surface area (Å²) in [6.07, 6.45) is 7.15. The molecule has 2 N–H and O–H groups in total. The minimum Gasteiger partial charge on any atom is -0.357 e. The van der Waals surface area contributed by atoms with Crippen molar-refractivity contribution >= 4 is 29.2 Å². The van der Waals surface area contributed by atoms with Gasteiger partial charge >= 0.3 is 0 Å². The van der Waals surface area contributed by atoms with E-state index >= 15 is 0 Å². The number of nitrogens with one attached hydrogen (secondary N) is 2. The van der Waals surface area contributed by atoms with E-state index in [1.165, 1.54) is 25.7 Å². The topological polar surface area (TPSA) is 59.2 Å². The molecule has 0 aromatic carbocycles. The van der Waals surface area contributed by atoms with Gasteiger partial charge in [0.1, 0.15) is 5.15 Å². The van der Waals surface area contributed by atoms with Crippen LogP contribution in [0.5, 0.6) is 0 Å². The van der Waals surface area contributed by atoms with Crippen molar-refractivity contribution in [3.63, 3.8) is 0 Å². The Kier molecular flexibility index (Phi) is 6.48. The molecule has 26 heavy (non-hydrogen) atoms. The van der Waals surface area contributed by atoms with Crippen LogP contribution in [0, 0.1) is 0 Å². The van der Waals surface area contributed by atoms with E-state index in [0.29, 0.717) is 29.3 Å². The van der Waals surface area contributed by atoms with E-state index in [1.807, 2.05) is 24.6 Å². The molecule has 0 amide bonds. The SMILES string of the molecule is CCNC(=NCc1ccn(C2CCCC2)n1)NCc1cc(Cl)c(Cl)n1C. The summed E-state index contributed by atoms with van der Waals surface area (Å²) in [6, 6.07) is 4.48. The molecule has 0 aliphatic heterocycles. The van der Waals surface area contributed by atoms with Crippen LogP contribution in [0.4, 0.5) is 0 Å². The Morgan fingerprint density at radius 2 is 2.08 bits per heavy atom. The Morgan fingerprint density at radius 3 is 2.73 bits per heavy atom. The van der Waals surface area contributed by atoms with E-state index in [1.54, 1.807) is 0 Å². The van der Waals surface area contributed by atoms with E-state index in [4.69, 9.17) is 23.2 Å². The van der Waals surface area contributed by atoms with Crippen LogP contribution in [0.15, 0.2) is 23.3 Å². The Balaban J connectivity index is 1.60. The standard InChI is InChI=1S/C18H26Cl2N6/c1-3-21-18(23-12-15-10-16(19)17(20)25(15)2)22-11-13-8-9-26(24-13)14-6-4-5-7-14/h8-10,14H,3-7,11-12H2,1-2H3,(H2,21,22,23). The van der Waals surface area contributed by atoms with Crippen molar-refractivity contribution in [2.75, 3.05) is 6.54 Å². The predicted octanol–water partition coefficient (Wildman–Crippen LogP) is 3.90. The van der Waals surface area contributed by atoms with Crippen LogP contribution in [-0.2, 0) is 20.1 Å². The van der Waals surface area contributed by atoms with Gasteiger partial charge in [-0.25, -0.2) is 4.99 Å². The zero-order valence-electron chi connectivity index (χ0n) is 15.3. The zero-order chi connectivity index (χ0) is 18.5. The highest BCUT2D eigenvalue weighted by molar-refractivity contribution is 6.41. The maximum Gasteiger partial charge on any atom is 0.191 e. The molecule has 6 nitrogen and oxygen atoms in total. The number of hydrogen-bond donors (Lipinski definition) is 2. The number of guanidine groups is 1. The van der Waals surface area contributed by atoms with Crippen LogP contribution in [0.25, 0.3) is 0 Å². The van der Waals surface area contributed by atoms with Crippen LogP contribution < -0.4 is 10.6 Å². The number of nitrogens with zero attached hydrogens (tertiary/aromatic N) is 4. The number of rotatable bonds is 6. The summed E-state index contributed by atoms with van der Waals surface area (Å²) in [4.78, 5) is 4.64. The molecule has 0 saturated heterocycles. The van der Waals surface area contributed by atoms with E-state index in [0.717, 1.165) is 23.9 Å². The third-order valence-electron chi connectivity index (χ3n) is 4.76. The fourth-order valence-electron chi connectivity index (χ4n) is 3.27. The Bertz CT molecular complexity index is 758. The van der Waals surface area contributed by atoms with Crippen LogP contribution in [0.3, 0.4) is 0 Å². The van der Waals surface area contributed by atoms with Crippen LogP contribution in [0.1, 0.15) is 50.0 Å². The fourth-order valence-corrected chi connectivity index (χ4v) is 3.68. The number of aliphatic imine (C=N–C) groups is 1. The minimum absolute atomic E-state index is 0.544. The first-order valence-corrected chi connectivity index (χ1v) is 9.90. The second kappa shape index (κ2) is 8.82. The van der Waals surface area contributed by atoms with Gasteiger partial charge in [0.15, 0.2) is 5.96 Å². The van der Waals surface area contributed by atoms with Crippen molar-refractivity contribution in [1.82, 2.24) is 25.0 Å². The van der Waals surface area contributed by atoms with Crippen molar-refractivity contribution in [2.45, 2.75) is 51.7 Å². The maximum absolute atomic E-state index is 6.12. The lowest BCUT2D eigenvalue weighted by Crippen LogP contribution is -2.37. The quantitative estimate of drug-likeness (QED) is 0.574. The van der Waals surface area contributed by atoms with Gasteiger partial charge in [0.25, 0.3) is 0 Å². The van der Waals surface area contributed by atoms with Gasteiger partial charge in [-0.3, -0.25) is 4.68 Å². The first-order chi connectivity index (χ1) is 12.6. The minimum atomic E-state index is 0.544. The normalized spacial score (nSPS) is 15.6. The van der Waals surface area contributed by atoms with Crippen molar-refractivity contribution in [2.24, 2.45) is 12.0 Å². The molecular weight excluding hydrogens is 371 g/mol. The predicted molar refractivity (Wildman–Crippen MR) is 107 cm³/mol. The first-order valence-electron chi connectivity index (χ1n) is 9.14. The molecule has 8 heteroatoms. The molecule has 1 aliphatic rings. The van der Waals surface area contributed by atoms with Crippen LogP contribution >= 0.6 is 23.2 Å². The van der Waals surface area contributed by atoms with Gasteiger partial charge in [0, 0.05) is 25.5 Å². The summed E-state index contributed by atoms with van der Waals surface area (Å²) in [5.41, 5.74) is 1.98. The van der Waals surface area contributed by atoms with Crippen molar-refractivity contribution in [3.8, 4) is 0 Å². The molecule has 0 atom stereocenters. The number of aromatic nitrogens is 3. The Morgan fingerprint density at radius 1 is 1.31 bits per heavy atom. The van der Waals surface area contributed by atoms with E-state index in [-0.39, 0.29) is 0 Å². The van der Waals surface area contributed by atoms with Crippen LogP contribution in [0.2, 0.25) is 10.2 Å². The fraction of sp³-hybridized carbons (Fsp3) is 0.556. The summed E-state index contributed by atoms with van der Waals surface area (Å²) < 4.78 is 3.97. The number of hydrogen-bond acceptors (Lipinski definition) is 2. The van der Waals surface area contributed by atoms with Crippen molar-refractivity contribution in [1.29, 1.82) is 0 Å². The summed E-state index contributed by atoms with van der Waals surface area (Å²) in [5.74, 6) is 0.747. The van der Waals surface area contributed by atoms with Crippen LogP contribution in [-0.4, -0.2) is 26.9 Å². The average molecular weight is 397 g/mol. The molecule has 1 fully saturated rings. The first kappa shape index (κ1) is 19.1. The summed E-state index contributed by atoms with van der Waals surface area (Å²) in [5, 5.41) is 12.4. The van der Waals surface area contributed by atoms with E-state index in [2.05, 4.69) is 37.7 Å². The van der Waals surface area contributed by atoms with E-state index < -0.39 is 0 Å². The highest BCUT2D eigenvalue weighted by Gasteiger charge is 2.17. The van der Waals surface area contributed by atoms with Gasteiger partial charge in [0.05, 0.1) is 29.8 Å². The molecule has 0 radical (unpaired) electrons. The van der Waals surface area contributed by atoms with Crippen molar-refractivity contribution in [3.05, 3.63) is 39.9 Å². The van der Waals surface area contributed by atoms with Gasteiger partial charge in [-0.1, -0.05) is 36.0 Å². The molecule has 0 unspecified atom stereocenters. The van der Waals surface area contributed by atoms with E-state index in [9.17, 15) is 0 Å².